The average Bonchev–Trinajstić information content (AvgIpc) is 3.59. The van der Waals surface area contributed by atoms with E-state index in [1.54, 1.807) is 0 Å². The highest BCUT2D eigenvalue weighted by Crippen LogP contribution is 2.55. The molecule has 2 heteroatoms. The van der Waals surface area contributed by atoms with Crippen molar-refractivity contribution < 1.29 is 0 Å². The summed E-state index contributed by atoms with van der Waals surface area (Å²) in [5, 5.41) is 6.69. The zero-order chi connectivity index (χ0) is 31.5. The van der Waals surface area contributed by atoms with Gasteiger partial charge < -0.3 is 4.57 Å². The summed E-state index contributed by atoms with van der Waals surface area (Å²) in [7, 11) is -0.672. The molecule has 224 valence electrons. The second-order valence-electron chi connectivity index (χ2n) is 13.0. The molecule has 0 atom stereocenters. The maximum atomic E-state index is 2.51. The molecule has 1 aliphatic carbocycles. The number of hydrogen-bond donors (Lipinski definition) is 0. The highest BCUT2D eigenvalue weighted by Gasteiger charge is 2.38. The number of nitrogens with zero attached hydrogens (tertiary/aromatic N) is 1. The van der Waals surface area contributed by atoms with Gasteiger partial charge in [0.2, 0.25) is 0 Å². The predicted molar refractivity (Wildman–Crippen MR) is 202 cm³/mol. The molecule has 0 saturated carbocycles. The van der Waals surface area contributed by atoms with Crippen molar-refractivity contribution in [3.63, 3.8) is 0 Å². The minimum atomic E-state index is -0.672. The second kappa shape index (κ2) is 10.9. The van der Waals surface area contributed by atoms with Crippen LogP contribution >= 0.6 is 7.92 Å². The van der Waals surface area contributed by atoms with Gasteiger partial charge in [-0.05, 0) is 75.9 Å². The molecule has 8 aromatic rings. The van der Waals surface area contributed by atoms with Gasteiger partial charge >= 0.3 is 0 Å². The van der Waals surface area contributed by atoms with Gasteiger partial charge in [0, 0.05) is 27.4 Å². The van der Waals surface area contributed by atoms with E-state index in [2.05, 4.69) is 188 Å². The Bertz CT molecular complexity index is 2360. The van der Waals surface area contributed by atoms with E-state index in [-0.39, 0.29) is 5.41 Å². The highest BCUT2D eigenvalue weighted by atomic mass is 31.1. The molecule has 1 nitrogen and oxygen atoms in total. The van der Waals surface area contributed by atoms with Gasteiger partial charge in [0.05, 0.1) is 11.0 Å². The molecule has 0 fully saturated rings. The third-order valence-corrected chi connectivity index (χ3v) is 12.4. The lowest BCUT2D eigenvalue weighted by molar-refractivity contribution is 0.661. The van der Waals surface area contributed by atoms with Crippen LogP contribution in [0.1, 0.15) is 25.0 Å². The molecule has 0 N–H and O–H groups in total. The van der Waals surface area contributed by atoms with Crippen molar-refractivity contribution in [1.82, 2.24) is 4.57 Å². The summed E-state index contributed by atoms with van der Waals surface area (Å²) < 4.78 is 2.50. The summed E-state index contributed by atoms with van der Waals surface area (Å²) >= 11 is 0. The molecule has 1 aliphatic rings. The lowest BCUT2D eigenvalue weighted by Gasteiger charge is -2.23. The number of aromatic nitrogens is 1. The Balaban J connectivity index is 1.33. The van der Waals surface area contributed by atoms with Crippen molar-refractivity contribution in [2.75, 3.05) is 0 Å². The Hall–Kier alpha value is -5.23. The molecule has 0 radical (unpaired) electrons. The first-order valence-electron chi connectivity index (χ1n) is 16.4. The SMILES string of the molecule is CC1(C)c2ccccc2-c2c1cc(-c1ccc(P(c3ccccc3)c3ccccc3)cc1)c1c3ccccc3n(-c3ccccc3)c21. The van der Waals surface area contributed by atoms with Crippen LogP contribution in [0.4, 0.5) is 0 Å². The first kappa shape index (κ1) is 28.0. The quantitative estimate of drug-likeness (QED) is 0.169. The van der Waals surface area contributed by atoms with Crippen molar-refractivity contribution >= 4 is 45.6 Å². The number of hydrogen-bond acceptors (Lipinski definition) is 0. The molecule has 0 saturated heterocycles. The minimum Gasteiger partial charge on any atom is -0.309 e. The van der Waals surface area contributed by atoms with Gasteiger partial charge in [-0.3, -0.25) is 0 Å². The molecule has 0 bridgehead atoms. The minimum absolute atomic E-state index is 0.123. The fourth-order valence-corrected chi connectivity index (χ4v) is 10.1. The number of benzene rings is 7. The molecule has 1 heterocycles. The summed E-state index contributed by atoms with van der Waals surface area (Å²) in [6, 6.07) is 62.7. The summed E-state index contributed by atoms with van der Waals surface area (Å²) in [4.78, 5) is 0. The molecule has 9 rings (SSSR count). The first-order valence-corrected chi connectivity index (χ1v) is 17.7. The topological polar surface area (TPSA) is 4.93 Å². The van der Waals surface area contributed by atoms with Gasteiger partial charge in [-0.25, -0.2) is 0 Å². The molecule has 0 unspecified atom stereocenters. The third-order valence-electron chi connectivity index (χ3n) is 9.96. The van der Waals surface area contributed by atoms with Crippen LogP contribution in [0, 0.1) is 0 Å². The third kappa shape index (κ3) is 4.34. The monoisotopic (exact) mass is 619 g/mol. The van der Waals surface area contributed by atoms with E-state index in [4.69, 9.17) is 0 Å². The van der Waals surface area contributed by atoms with E-state index in [0.29, 0.717) is 0 Å². The number of fused-ring (bicyclic) bond motifs is 7. The van der Waals surface area contributed by atoms with E-state index in [1.165, 1.54) is 76.8 Å². The van der Waals surface area contributed by atoms with Crippen LogP contribution in [0.5, 0.6) is 0 Å². The Kier molecular flexibility index (Phi) is 6.53. The van der Waals surface area contributed by atoms with Crippen molar-refractivity contribution in [1.29, 1.82) is 0 Å². The van der Waals surface area contributed by atoms with E-state index in [9.17, 15) is 0 Å². The van der Waals surface area contributed by atoms with Gasteiger partial charge in [-0.1, -0.05) is 159 Å². The van der Waals surface area contributed by atoms with Crippen LogP contribution in [-0.4, -0.2) is 4.57 Å². The van der Waals surface area contributed by atoms with Gasteiger partial charge in [0.1, 0.15) is 0 Å². The summed E-state index contributed by atoms with van der Waals surface area (Å²) in [6.45, 7) is 4.78. The molecular formula is C45H34NP. The molecule has 0 spiro atoms. The van der Waals surface area contributed by atoms with Crippen LogP contribution in [0.3, 0.4) is 0 Å². The van der Waals surface area contributed by atoms with Crippen LogP contribution in [0.2, 0.25) is 0 Å². The molecule has 47 heavy (non-hydrogen) atoms. The van der Waals surface area contributed by atoms with Crippen molar-refractivity contribution in [2.45, 2.75) is 19.3 Å². The second-order valence-corrected chi connectivity index (χ2v) is 15.2. The standard InChI is InChI=1S/C45H34NP/c1-45(2)39-24-14-12-22-36(39)43-40(45)30-38(42-37-23-13-15-25-41(37)46(44(42)43)32-16-6-3-7-17-32)31-26-28-35(29-27-31)47(33-18-8-4-9-19-33)34-20-10-5-11-21-34/h3-30H,1-2H3. The molecule has 0 amide bonds. The summed E-state index contributed by atoms with van der Waals surface area (Å²) in [5.74, 6) is 0. The van der Waals surface area contributed by atoms with Crippen LogP contribution in [0.15, 0.2) is 170 Å². The smallest absolute Gasteiger partial charge is 0.0628 e. The number of rotatable bonds is 5. The molecule has 0 aliphatic heterocycles. The molecular weight excluding hydrogens is 585 g/mol. The largest absolute Gasteiger partial charge is 0.309 e. The van der Waals surface area contributed by atoms with Crippen LogP contribution in [0.25, 0.3) is 49.7 Å². The zero-order valence-electron chi connectivity index (χ0n) is 26.6. The van der Waals surface area contributed by atoms with Gasteiger partial charge in [0.15, 0.2) is 0 Å². The normalized spacial score (nSPS) is 13.3. The Morgan fingerprint density at radius 3 is 1.72 bits per heavy atom. The predicted octanol–water partition coefficient (Wildman–Crippen LogP) is 10.5. The zero-order valence-corrected chi connectivity index (χ0v) is 27.5. The van der Waals surface area contributed by atoms with Gasteiger partial charge in [-0.2, -0.15) is 0 Å². The van der Waals surface area contributed by atoms with E-state index in [1.807, 2.05) is 0 Å². The highest BCUT2D eigenvalue weighted by molar-refractivity contribution is 7.79. The fourth-order valence-electron chi connectivity index (χ4n) is 7.79. The maximum absolute atomic E-state index is 2.51. The maximum Gasteiger partial charge on any atom is 0.0628 e. The fraction of sp³-hybridized carbons (Fsp3) is 0.0667. The van der Waals surface area contributed by atoms with Crippen LogP contribution < -0.4 is 15.9 Å². The lowest BCUT2D eigenvalue weighted by Crippen LogP contribution is -2.20. The molecule has 7 aromatic carbocycles. The lowest BCUT2D eigenvalue weighted by atomic mass is 9.81. The summed E-state index contributed by atoms with van der Waals surface area (Å²) in [6.07, 6.45) is 0. The van der Waals surface area contributed by atoms with Gasteiger partial charge in [-0.15, -0.1) is 0 Å². The average molecular weight is 620 g/mol. The van der Waals surface area contributed by atoms with Crippen LogP contribution in [-0.2, 0) is 5.41 Å². The van der Waals surface area contributed by atoms with Crippen molar-refractivity contribution in [3.05, 3.63) is 181 Å². The Morgan fingerprint density at radius 1 is 0.489 bits per heavy atom. The Labute approximate surface area is 277 Å². The summed E-state index contributed by atoms with van der Waals surface area (Å²) in [5.41, 5.74) is 11.6. The van der Waals surface area contributed by atoms with Gasteiger partial charge in [0.25, 0.3) is 0 Å². The van der Waals surface area contributed by atoms with E-state index < -0.39 is 7.92 Å². The van der Waals surface area contributed by atoms with Crippen molar-refractivity contribution in [3.8, 4) is 27.9 Å². The molecule has 1 aromatic heterocycles. The number of para-hydroxylation sites is 2. The first-order chi connectivity index (χ1) is 23.1. The van der Waals surface area contributed by atoms with Crippen molar-refractivity contribution in [2.24, 2.45) is 0 Å². The van der Waals surface area contributed by atoms with E-state index >= 15 is 0 Å². The Morgan fingerprint density at radius 2 is 1.04 bits per heavy atom. The van der Waals surface area contributed by atoms with E-state index in [0.717, 1.165) is 0 Å².